The number of aliphatic imine (C=N–C) groups is 1. The molecular formula is C16H21F2N3O4S. The molecule has 3 aliphatic rings. The van der Waals surface area contributed by atoms with Crippen molar-refractivity contribution in [3.8, 4) is 0 Å². The van der Waals surface area contributed by atoms with Crippen LogP contribution in [-0.4, -0.2) is 81.5 Å². The molecule has 3 heterocycles. The van der Waals surface area contributed by atoms with Gasteiger partial charge in [0.1, 0.15) is 5.70 Å². The number of alkyl halides is 2. The molecule has 1 amide bonds. The Morgan fingerprint density at radius 3 is 2.62 bits per heavy atom. The molecule has 1 fully saturated rings. The molecule has 0 radical (unpaired) electrons. The number of amides is 1. The fourth-order valence-electron chi connectivity index (χ4n) is 4.08. The molecule has 0 aromatic rings. The molecule has 0 unspecified atom stereocenters. The number of carbonyl (C=O) groups is 2. The van der Waals surface area contributed by atoms with Crippen LogP contribution in [0.2, 0.25) is 0 Å². The van der Waals surface area contributed by atoms with Gasteiger partial charge in [0.15, 0.2) is 5.84 Å². The van der Waals surface area contributed by atoms with Gasteiger partial charge in [-0.25, -0.2) is 4.79 Å². The first-order chi connectivity index (χ1) is 12.1. The highest BCUT2D eigenvalue weighted by Crippen LogP contribution is 2.46. The molecule has 0 aromatic carbocycles. The van der Waals surface area contributed by atoms with Crippen LogP contribution in [0.4, 0.5) is 8.78 Å². The summed E-state index contributed by atoms with van der Waals surface area (Å²) in [5.41, 5.74) is 0.465. The summed E-state index contributed by atoms with van der Waals surface area (Å²) in [7, 11) is 1.50. The highest BCUT2D eigenvalue weighted by Gasteiger charge is 2.57. The van der Waals surface area contributed by atoms with E-state index in [0.29, 0.717) is 23.8 Å². The molecule has 0 spiro atoms. The van der Waals surface area contributed by atoms with Gasteiger partial charge in [-0.05, 0) is 25.2 Å². The van der Waals surface area contributed by atoms with Gasteiger partial charge in [-0.2, -0.15) is 8.78 Å². The number of aliphatic hydroxyl groups is 1. The molecule has 3 rings (SSSR count). The van der Waals surface area contributed by atoms with Crippen LogP contribution in [-0.2, 0) is 9.59 Å². The van der Waals surface area contributed by atoms with E-state index in [1.54, 1.807) is 0 Å². The Kier molecular flexibility index (Phi) is 4.76. The van der Waals surface area contributed by atoms with Crippen LogP contribution in [0.5, 0.6) is 0 Å². The second-order valence-corrected chi connectivity index (χ2v) is 7.81. The van der Waals surface area contributed by atoms with Gasteiger partial charge in [-0.15, -0.1) is 0 Å². The quantitative estimate of drug-likeness (QED) is 0.678. The predicted octanol–water partition coefficient (Wildman–Crippen LogP) is 0.852. The normalized spacial score (nSPS) is 30.2. The Morgan fingerprint density at radius 1 is 1.46 bits per heavy atom. The van der Waals surface area contributed by atoms with E-state index in [2.05, 4.69) is 4.99 Å². The van der Waals surface area contributed by atoms with Crippen molar-refractivity contribution >= 4 is 29.5 Å². The van der Waals surface area contributed by atoms with Crippen LogP contribution in [0.25, 0.3) is 0 Å². The third-order valence-electron chi connectivity index (χ3n) is 5.29. The fourth-order valence-corrected chi connectivity index (χ4v) is 4.49. The zero-order valence-corrected chi connectivity index (χ0v) is 15.5. The van der Waals surface area contributed by atoms with E-state index in [0.717, 1.165) is 0 Å². The van der Waals surface area contributed by atoms with Crippen molar-refractivity contribution in [1.82, 2.24) is 9.80 Å². The van der Waals surface area contributed by atoms with Crippen LogP contribution < -0.4 is 0 Å². The van der Waals surface area contributed by atoms with Gasteiger partial charge in [-0.3, -0.25) is 9.79 Å². The van der Waals surface area contributed by atoms with E-state index < -0.39 is 29.2 Å². The maximum absolute atomic E-state index is 13.9. The minimum Gasteiger partial charge on any atom is -0.477 e. The molecule has 4 atom stereocenters. The van der Waals surface area contributed by atoms with Crippen molar-refractivity contribution in [3.05, 3.63) is 11.3 Å². The summed E-state index contributed by atoms with van der Waals surface area (Å²) < 4.78 is 27.9. The fraction of sp³-hybridized carbons (Fsp3) is 0.688. The van der Waals surface area contributed by atoms with E-state index in [-0.39, 0.29) is 36.6 Å². The lowest BCUT2D eigenvalue weighted by atomic mass is 9.81. The van der Waals surface area contributed by atoms with E-state index >= 15 is 0 Å². The Hall–Kier alpha value is -1.68. The Balaban J connectivity index is 1.88. The molecule has 0 aliphatic carbocycles. The Labute approximate surface area is 153 Å². The molecule has 0 bridgehead atoms. The highest BCUT2D eigenvalue weighted by molar-refractivity contribution is 8.00. The number of aliphatic hydroxyl groups excluding tert-OH is 1. The standard InChI is InChI=1S/C16H21F2N3O4S/c1-7(22)11-10-4-9(12(14(24)25)21(10)13(11)23)8-5-19-15(20(2)6-8)16(17,18)26-3/h7-8,10-11,22H,4-6H2,1-3H3,(H,24,25)/t7-,8-,10-,11-/m1/s1. The summed E-state index contributed by atoms with van der Waals surface area (Å²) in [4.78, 5) is 30.6. The van der Waals surface area contributed by atoms with Crippen LogP contribution in [0.1, 0.15) is 13.3 Å². The number of nitrogens with zero attached hydrogens (tertiary/aromatic N) is 3. The van der Waals surface area contributed by atoms with Gasteiger partial charge in [0, 0.05) is 26.1 Å². The monoisotopic (exact) mass is 389 g/mol. The van der Waals surface area contributed by atoms with Crippen molar-refractivity contribution in [2.24, 2.45) is 16.8 Å². The SMILES string of the molecule is CSC(F)(F)C1=NC[C@@H](C2=C(C(=O)O)N3C(=O)[C@H]([C@@H](C)O)[C@H]3C2)CN1C. The van der Waals surface area contributed by atoms with Crippen LogP contribution >= 0.6 is 11.8 Å². The first-order valence-electron chi connectivity index (χ1n) is 8.26. The topological polar surface area (TPSA) is 93.4 Å². The predicted molar refractivity (Wildman–Crippen MR) is 92.0 cm³/mol. The lowest BCUT2D eigenvalue weighted by molar-refractivity contribution is -0.161. The molecule has 2 N–H and O–H groups in total. The summed E-state index contributed by atoms with van der Waals surface area (Å²) in [5.74, 6) is -2.92. The smallest absolute Gasteiger partial charge is 0.352 e. The molecule has 1 saturated heterocycles. The van der Waals surface area contributed by atoms with Crippen molar-refractivity contribution in [1.29, 1.82) is 0 Å². The second kappa shape index (κ2) is 6.49. The number of β-lactam (4-membered cyclic amide) rings is 1. The zero-order chi connectivity index (χ0) is 19.4. The van der Waals surface area contributed by atoms with Gasteiger partial charge in [-0.1, -0.05) is 11.8 Å². The molecule has 144 valence electrons. The van der Waals surface area contributed by atoms with Gasteiger partial charge < -0.3 is 20.0 Å². The minimum absolute atomic E-state index is 0.0516. The Bertz CT molecular complexity index is 710. The van der Waals surface area contributed by atoms with Gasteiger partial charge in [0.25, 0.3) is 0 Å². The van der Waals surface area contributed by atoms with Crippen molar-refractivity contribution in [2.45, 2.75) is 30.7 Å². The number of carboxylic acid groups (broad SMARTS) is 1. The lowest BCUT2D eigenvalue weighted by Crippen LogP contribution is -2.61. The maximum atomic E-state index is 13.9. The van der Waals surface area contributed by atoms with E-state index in [9.17, 15) is 28.6 Å². The highest BCUT2D eigenvalue weighted by atomic mass is 32.2. The number of rotatable bonds is 5. The van der Waals surface area contributed by atoms with Gasteiger partial charge in [0.2, 0.25) is 5.91 Å². The molecule has 10 heteroatoms. The van der Waals surface area contributed by atoms with Gasteiger partial charge in [0.05, 0.1) is 18.1 Å². The third kappa shape index (κ3) is 2.79. The molecule has 0 saturated carbocycles. The first-order valence-corrected chi connectivity index (χ1v) is 9.49. The summed E-state index contributed by atoms with van der Waals surface area (Å²) in [6, 6.07) is -0.382. The van der Waals surface area contributed by atoms with Crippen molar-refractivity contribution < 1.29 is 28.6 Å². The van der Waals surface area contributed by atoms with Crippen LogP contribution in [0, 0.1) is 11.8 Å². The number of hydrogen-bond acceptors (Lipinski definition) is 6. The summed E-state index contributed by atoms with van der Waals surface area (Å²) in [6.07, 6.45) is 0.764. The largest absolute Gasteiger partial charge is 0.477 e. The molecule has 26 heavy (non-hydrogen) atoms. The number of halogens is 2. The lowest BCUT2D eigenvalue weighted by Gasteiger charge is -2.44. The average molecular weight is 389 g/mol. The maximum Gasteiger partial charge on any atom is 0.352 e. The van der Waals surface area contributed by atoms with E-state index in [1.807, 2.05) is 0 Å². The molecular weight excluding hydrogens is 368 g/mol. The third-order valence-corrected chi connectivity index (χ3v) is 5.99. The Morgan fingerprint density at radius 2 is 2.12 bits per heavy atom. The van der Waals surface area contributed by atoms with E-state index in [4.69, 9.17) is 0 Å². The summed E-state index contributed by atoms with van der Waals surface area (Å²) in [5, 5.41) is 16.3. The number of carboxylic acids is 1. The summed E-state index contributed by atoms with van der Waals surface area (Å²) >= 11 is 0.398. The summed E-state index contributed by atoms with van der Waals surface area (Å²) in [6.45, 7) is 1.76. The van der Waals surface area contributed by atoms with Crippen molar-refractivity contribution in [2.75, 3.05) is 26.4 Å². The number of amidine groups is 1. The number of carbonyl (C=O) groups excluding carboxylic acids is 1. The number of aliphatic carboxylic acids is 1. The number of fused-ring (bicyclic) bond motifs is 1. The van der Waals surface area contributed by atoms with E-state index in [1.165, 1.54) is 30.0 Å². The first kappa shape index (κ1) is 19.1. The van der Waals surface area contributed by atoms with Crippen LogP contribution in [0.3, 0.4) is 0 Å². The molecule has 0 aromatic heterocycles. The molecule has 7 nitrogen and oxygen atoms in total. The zero-order valence-electron chi connectivity index (χ0n) is 14.6. The molecule has 3 aliphatic heterocycles. The number of hydrogen-bond donors (Lipinski definition) is 2. The van der Waals surface area contributed by atoms with Crippen LogP contribution in [0.15, 0.2) is 16.3 Å². The minimum atomic E-state index is -3.10. The second-order valence-electron chi connectivity index (χ2n) is 6.89. The number of thioether (sulfide) groups is 1. The average Bonchev–Trinajstić information content (AvgIpc) is 2.89. The van der Waals surface area contributed by atoms with Crippen molar-refractivity contribution in [3.63, 3.8) is 0 Å². The van der Waals surface area contributed by atoms with Gasteiger partial charge >= 0.3 is 11.2 Å².